The lowest BCUT2D eigenvalue weighted by Gasteiger charge is -2.19. The zero-order chi connectivity index (χ0) is 28.4. The van der Waals surface area contributed by atoms with Crippen LogP contribution in [0, 0.1) is 0 Å². The predicted octanol–water partition coefficient (Wildman–Crippen LogP) is 7.00. The molecule has 1 aromatic heterocycles. The van der Waals surface area contributed by atoms with Gasteiger partial charge in [0.1, 0.15) is 5.75 Å². The SMILES string of the molecule is CCN(CC)S(=O)(=O)c1ccc(Cl)c(NC(=O)c2cc(-c3ccc4cc(OC)ccc4c3)nc3ccccc23)c1. The van der Waals surface area contributed by atoms with Gasteiger partial charge in [-0.1, -0.05) is 61.8 Å². The zero-order valence-corrected chi connectivity index (χ0v) is 23.9. The number of anilines is 1. The number of ether oxygens (including phenoxy) is 1. The van der Waals surface area contributed by atoms with Crippen molar-refractivity contribution in [2.45, 2.75) is 18.7 Å². The number of hydrogen-bond donors (Lipinski definition) is 1. The second-order valence-electron chi connectivity index (χ2n) is 9.19. The third kappa shape index (κ3) is 5.25. The average Bonchev–Trinajstić information content (AvgIpc) is 2.97. The molecule has 0 spiro atoms. The number of halogens is 1. The van der Waals surface area contributed by atoms with Gasteiger partial charge in [0.05, 0.1) is 39.5 Å². The predicted molar refractivity (Wildman–Crippen MR) is 161 cm³/mol. The first kappa shape index (κ1) is 27.6. The largest absolute Gasteiger partial charge is 0.497 e. The second kappa shape index (κ2) is 11.3. The van der Waals surface area contributed by atoms with E-state index in [-0.39, 0.29) is 15.6 Å². The molecule has 1 amide bonds. The van der Waals surface area contributed by atoms with Crippen LogP contribution >= 0.6 is 11.6 Å². The van der Waals surface area contributed by atoms with Crippen molar-refractivity contribution in [3.05, 3.63) is 95.5 Å². The Morgan fingerprint density at radius 2 is 1.65 bits per heavy atom. The van der Waals surface area contributed by atoms with Crippen LogP contribution in [-0.4, -0.2) is 43.8 Å². The molecule has 0 unspecified atom stereocenters. The number of fused-ring (bicyclic) bond motifs is 2. The number of carbonyl (C=O) groups is 1. The molecule has 0 bridgehead atoms. The molecule has 40 heavy (non-hydrogen) atoms. The van der Waals surface area contributed by atoms with Gasteiger partial charge in [-0.25, -0.2) is 13.4 Å². The van der Waals surface area contributed by atoms with Gasteiger partial charge >= 0.3 is 0 Å². The van der Waals surface area contributed by atoms with Gasteiger partial charge in [0, 0.05) is 24.0 Å². The van der Waals surface area contributed by atoms with Gasteiger partial charge in [-0.2, -0.15) is 4.31 Å². The highest BCUT2D eigenvalue weighted by Crippen LogP contribution is 2.31. The van der Waals surface area contributed by atoms with Crippen molar-refractivity contribution in [3.63, 3.8) is 0 Å². The topological polar surface area (TPSA) is 88.6 Å². The van der Waals surface area contributed by atoms with E-state index in [9.17, 15) is 13.2 Å². The monoisotopic (exact) mass is 573 g/mol. The Bertz CT molecular complexity index is 1850. The van der Waals surface area contributed by atoms with E-state index in [1.54, 1.807) is 27.0 Å². The fourth-order valence-electron chi connectivity index (χ4n) is 4.68. The van der Waals surface area contributed by atoms with Crippen molar-refractivity contribution in [1.82, 2.24) is 9.29 Å². The number of benzene rings is 4. The van der Waals surface area contributed by atoms with Crippen molar-refractivity contribution < 1.29 is 17.9 Å². The number of amides is 1. The summed E-state index contributed by atoms with van der Waals surface area (Å²) in [6.07, 6.45) is 0. The zero-order valence-electron chi connectivity index (χ0n) is 22.3. The number of pyridine rings is 1. The lowest BCUT2D eigenvalue weighted by molar-refractivity contribution is 0.102. The Hall–Kier alpha value is -3.98. The van der Waals surface area contributed by atoms with Gasteiger partial charge in [-0.05, 0) is 59.3 Å². The molecule has 0 radical (unpaired) electrons. The van der Waals surface area contributed by atoms with Crippen LogP contribution in [0.5, 0.6) is 5.75 Å². The van der Waals surface area contributed by atoms with E-state index in [4.69, 9.17) is 21.3 Å². The van der Waals surface area contributed by atoms with E-state index in [1.165, 1.54) is 22.5 Å². The van der Waals surface area contributed by atoms with E-state index in [1.807, 2.05) is 60.7 Å². The van der Waals surface area contributed by atoms with Gasteiger partial charge in [-0.3, -0.25) is 4.79 Å². The fourth-order valence-corrected chi connectivity index (χ4v) is 6.33. The summed E-state index contributed by atoms with van der Waals surface area (Å²) in [7, 11) is -2.10. The highest BCUT2D eigenvalue weighted by Gasteiger charge is 2.23. The Balaban J connectivity index is 1.55. The van der Waals surface area contributed by atoms with Crippen molar-refractivity contribution in [2.75, 3.05) is 25.5 Å². The average molecular weight is 574 g/mol. The summed E-state index contributed by atoms with van der Waals surface area (Å²) in [6.45, 7) is 4.21. The summed E-state index contributed by atoms with van der Waals surface area (Å²) in [5, 5.41) is 5.76. The standard InChI is InChI=1S/C31H28ClN3O4S/c1-4-35(5-2)40(37,38)24-14-15-27(32)30(18-24)34-31(36)26-19-29(33-28-9-7-6-8-25(26)28)22-11-10-21-17-23(39-3)13-12-20(21)16-22/h6-19H,4-5H2,1-3H3,(H,34,36). The molecule has 0 aliphatic rings. The highest BCUT2D eigenvalue weighted by atomic mass is 35.5. The molecular weight excluding hydrogens is 546 g/mol. The summed E-state index contributed by atoms with van der Waals surface area (Å²) in [4.78, 5) is 18.6. The third-order valence-corrected chi connectivity index (χ3v) is 9.21. The minimum Gasteiger partial charge on any atom is -0.497 e. The first-order chi connectivity index (χ1) is 19.2. The molecule has 204 valence electrons. The molecule has 9 heteroatoms. The van der Waals surface area contributed by atoms with Crippen molar-refractivity contribution >= 4 is 54.9 Å². The van der Waals surface area contributed by atoms with E-state index in [0.29, 0.717) is 35.2 Å². The van der Waals surface area contributed by atoms with Crippen LogP contribution in [-0.2, 0) is 10.0 Å². The first-order valence-corrected chi connectivity index (χ1v) is 14.7. The van der Waals surface area contributed by atoms with Gasteiger partial charge in [-0.15, -0.1) is 0 Å². The normalized spacial score (nSPS) is 11.7. The van der Waals surface area contributed by atoms with Crippen LogP contribution in [0.4, 0.5) is 5.69 Å². The van der Waals surface area contributed by atoms with Gasteiger partial charge in [0.15, 0.2) is 0 Å². The van der Waals surface area contributed by atoms with Gasteiger partial charge in [0.25, 0.3) is 5.91 Å². The maximum atomic E-state index is 13.7. The molecule has 0 fully saturated rings. The summed E-state index contributed by atoms with van der Waals surface area (Å²) in [6, 6.07) is 25.3. The van der Waals surface area contributed by atoms with Crippen LogP contribution in [0.25, 0.3) is 32.9 Å². The van der Waals surface area contributed by atoms with Crippen LogP contribution in [0.1, 0.15) is 24.2 Å². The van der Waals surface area contributed by atoms with E-state index in [2.05, 4.69) is 5.32 Å². The Kier molecular flexibility index (Phi) is 7.76. The lowest BCUT2D eigenvalue weighted by atomic mass is 10.0. The molecule has 4 aromatic carbocycles. The number of carbonyl (C=O) groups excluding carboxylic acids is 1. The molecule has 5 aromatic rings. The number of sulfonamides is 1. The number of hydrogen-bond acceptors (Lipinski definition) is 5. The quantitative estimate of drug-likeness (QED) is 0.216. The van der Waals surface area contributed by atoms with Crippen LogP contribution in [0.2, 0.25) is 5.02 Å². The maximum Gasteiger partial charge on any atom is 0.256 e. The van der Waals surface area contributed by atoms with Gasteiger partial charge in [0.2, 0.25) is 10.0 Å². The summed E-state index contributed by atoms with van der Waals surface area (Å²) < 4.78 is 32.8. The summed E-state index contributed by atoms with van der Waals surface area (Å²) in [5.74, 6) is 0.348. The minimum absolute atomic E-state index is 0.0592. The molecule has 0 aliphatic carbocycles. The lowest BCUT2D eigenvalue weighted by Crippen LogP contribution is -2.30. The molecule has 1 heterocycles. The second-order valence-corrected chi connectivity index (χ2v) is 11.5. The maximum absolute atomic E-state index is 13.7. The molecule has 0 aliphatic heterocycles. The van der Waals surface area contributed by atoms with Crippen LogP contribution in [0.3, 0.4) is 0 Å². The molecule has 0 saturated carbocycles. The third-order valence-electron chi connectivity index (χ3n) is 6.83. The van der Waals surface area contributed by atoms with E-state index < -0.39 is 15.9 Å². The van der Waals surface area contributed by atoms with Crippen LogP contribution < -0.4 is 10.1 Å². The summed E-state index contributed by atoms with van der Waals surface area (Å²) >= 11 is 6.40. The van der Waals surface area contributed by atoms with Crippen molar-refractivity contribution in [1.29, 1.82) is 0 Å². The highest BCUT2D eigenvalue weighted by molar-refractivity contribution is 7.89. The number of nitrogens with zero attached hydrogens (tertiary/aromatic N) is 2. The number of nitrogens with one attached hydrogen (secondary N) is 1. The minimum atomic E-state index is -3.74. The Labute approximate surface area is 238 Å². The molecule has 5 rings (SSSR count). The number of rotatable bonds is 8. The van der Waals surface area contributed by atoms with Gasteiger partial charge < -0.3 is 10.1 Å². The molecule has 0 saturated heterocycles. The molecule has 1 N–H and O–H groups in total. The van der Waals surface area contributed by atoms with Crippen molar-refractivity contribution in [3.8, 4) is 17.0 Å². The number of aromatic nitrogens is 1. The first-order valence-electron chi connectivity index (χ1n) is 12.8. The fraction of sp³-hybridized carbons (Fsp3) is 0.161. The summed E-state index contributed by atoms with van der Waals surface area (Å²) in [5.41, 5.74) is 2.74. The Morgan fingerprint density at radius 1 is 0.925 bits per heavy atom. The van der Waals surface area contributed by atoms with Crippen LogP contribution in [0.15, 0.2) is 89.8 Å². The van der Waals surface area contributed by atoms with E-state index >= 15 is 0 Å². The molecular formula is C31H28ClN3O4S. The van der Waals surface area contributed by atoms with Crippen molar-refractivity contribution in [2.24, 2.45) is 0 Å². The smallest absolute Gasteiger partial charge is 0.256 e. The van der Waals surface area contributed by atoms with E-state index in [0.717, 1.165) is 22.1 Å². The Morgan fingerprint density at radius 3 is 2.40 bits per heavy atom. The molecule has 7 nitrogen and oxygen atoms in total. The number of para-hydroxylation sites is 1. The molecule has 0 atom stereocenters. The number of methoxy groups -OCH3 is 1.